The zero-order valence-corrected chi connectivity index (χ0v) is 19.7. The minimum absolute atomic E-state index is 0.106. The summed E-state index contributed by atoms with van der Waals surface area (Å²) in [5.74, 6) is 0.413. The lowest BCUT2D eigenvalue weighted by atomic mass is 10.00. The molecular weight excluding hydrogens is 436 g/mol. The van der Waals surface area contributed by atoms with Crippen LogP contribution in [0.25, 0.3) is 22.4 Å². The van der Waals surface area contributed by atoms with Crippen molar-refractivity contribution in [2.24, 2.45) is 5.92 Å². The van der Waals surface area contributed by atoms with E-state index in [4.69, 9.17) is 14.5 Å². The van der Waals surface area contributed by atoms with Crippen molar-refractivity contribution in [3.05, 3.63) is 51.9 Å². The lowest BCUT2D eigenvalue weighted by Crippen LogP contribution is -2.37. The summed E-state index contributed by atoms with van der Waals surface area (Å²) in [5, 5.41) is 12.5. The van der Waals surface area contributed by atoms with Crippen LogP contribution in [0.15, 0.2) is 35.3 Å². The van der Waals surface area contributed by atoms with Crippen molar-refractivity contribution in [2.75, 3.05) is 26.9 Å². The van der Waals surface area contributed by atoms with Crippen molar-refractivity contribution in [2.45, 2.75) is 45.3 Å². The molecule has 0 amide bonds. The number of nitrogens with one attached hydrogen (secondary N) is 2. The molecule has 0 aliphatic carbocycles. The Morgan fingerprint density at radius 2 is 2.15 bits per heavy atom. The average molecular weight is 469 g/mol. The number of hydrogen-bond donors (Lipinski definition) is 3. The van der Waals surface area contributed by atoms with Crippen molar-refractivity contribution in [3.63, 3.8) is 0 Å². The van der Waals surface area contributed by atoms with Crippen LogP contribution in [0.2, 0.25) is 0 Å². The van der Waals surface area contributed by atoms with Crippen LogP contribution in [0.3, 0.4) is 0 Å². The highest BCUT2D eigenvalue weighted by atomic mass is 16.5. The van der Waals surface area contributed by atoms with Gasteiger partial charge in [0.05, 0.1) is 11.0 Å². The van der Waals surface area contributed by atoms with E-state index in [1.165, 1.54) is 0 Å². The minimum atomic E-state index is -0.894. The largest absolute Gasteiger partial charge is 0.480 e. The Labute approximate surface area is 198 Å². The molecule has 1 saturated heterocycles. The van der Waals surface area contributed by atoms with Gasteiger partial charge in [0.1, 0.15) is 11.9 Å². The van der Waals surface area contributed by atoms with E-state index in [0.717, 1.165) is 60.6 Å². The summed E-state index contributed by atoms with van der Waals surface area (Å²) in [4.78, 5) is 31.2. The van der Waals surface area contributed by atoms with Gasteiger partial charge in [-0.2, -0.15) is 0 Å². The normalized spacial score (nSPS) is 15.6. The Bertz CT molecular complexity index is 1200. The number of imidazole rings is 1. The van der Waals surface area contributed by atoms with Crippen LogP contribution in [0.1, 0.15) is 30.4 Å². The highest BCUT2D eigenvalue weighted by Gasteiger charge is 2.21. The predicted octanol–water partition coefficient (Wildman–Crippen LogP) is 2.71. The third-order valence-electron chi connectivity index (χ3n) is 6.40. The number of pyridine rings is 1. The molecule has 1 unspecified atom stereocenters. The van der Waals surface area contributed by atoms with Gasteiger partial charge in [-0.3, -0.25) is 9.59 Å². The maximum Gasteiger partial charge on any atom is 0.320 e. The lowest BCUT2D eigenvalue weighted by Gasteiger charge is -2.23. The van der Waals surface area contributed by atoms with E-state index < -0.39 is 12.0 Å². The lowest BCUT2D eigenvalue weighted by molar-refractivity contribution is -0.140. The second-order valence-corrected chi connectivity index (χ2v) is 8.88. The molecule has 1 atom stereocenters. The summed E-state index contributed by atoms with van der Waals surface area (Å²) in [6, 6.07) is 7.25. The number of carboxylic acids is 1. The predicted molar refractivity (Wildman–Crippen MR) is 129 cm³/mol. The van der Waals surface area contributed by atoms with Crippen molar-refractivity contribution in [1.29, 1.82) is 0 Å². The first-order valence-corrected chi connectivity index (χ1v) is 11.7. The summed E-state index contributed by atoms with van der Waals surface area (Å²) < 4.78 is 12.8. The van der Waals surface area contributed by atoms with Crippen LogP contribution in [0, 0.1) is 12.8 Å². The average Bonchev–Trinajstić information content (AvgIpc) is 3.18. The van der Waals surface area contributed by atoms with E-state index >= 15 is 0 Å². The van der Waals surface area contributed by atoms with Crippen molar-refractivity contribution in [3.8, 4) is 11.4 Å². The van der Waals surface area contributed by atoms with Gasteiger partial charge in [-0.05, 0) is 55.9 Å². The number of aryl methyl sites for hydroxylation is 1. The quantitative estimate of drug-likeness (QED) is 0.419. The van der Waals surface area contributed by atoms with Crippen molar-refractivity contribution >= 4 is 17.0 Å². The molecule has 182 valence electrons. The van der Waals surface area contributed by atoms with Crippen LogP contribution >= 0.6 is 0 Å². The van der Waals surface area contributed by atoms with Gasteiger partial charge in [-0.25, -0.2) is 4.98 Å². The van der Waals surface area contributed by atoms with E-state index in [2.05, 4.69) is 14.9 Å². The van der Waals surface area contributed by atoms with Gasteiger partial charge >= 0.3 is 5.97 Å². The zero-order valence-electron chi connectivity index (χ0n) is 19.7. The number of methoxy groups -OCH3 is 1. The Kier molecular flexibility index (Phi) is 7.77. The third kappa shape index (κ3) is 5.55. The smallest absolute Gasteiger partial charge is 0.320 e. The molecule has 1 aliphatic heterocycles. The molecule has 4 rings (SSSR count). The van der Waals surface area contributed by atoms with Gasteiger partial charge < -0.3 is 29.4 Å². The van der Waals surface area contributed by atoms with E-state index in [-0.39, 0.29) is 5.56 Å². The number of hydrogen-bond acceptors (Lipinski definition) is 6. The minimum Gasteiger partial charge on any atom is -0.480 e. The topological polar surface area (TPSA) is 118 Å². The molecule has 0 bridgehead atoms. The summed E-state index contributed by atoms with van der Waals surface area (Å²) in [6.45, 7) is 4.95. The number of ether oxygens (including phenoxy) is 2. The zero-order chi connectivity index (χ0) is 24.1. The first-order chi connectivity index (χ1) is 16.5. The van der Waals surface area contributed by atoms with E-state index in [0.29, 0.717) is 31.1 Å². The number of nitrogens with zero attached hydrogens (tertiary/aromatic N) is 2. The number of H-pyrrole nitrogens is 1. The Balaban J connectivity index is 1.65. The molecule has 0 spiro atoms. The Morgan fingerprint density at radius 1 is 1.35 bits per heavy atom. The number of aliphatic carboxylic acids is 1. The highest BCUT2D eigenvalue weighted by molar-refractivity contribution is 5.81. The van der Waals surface area contributed by atoms with Gasteiger partial charge in [0.15, 0.2) is 0 Å². The van der Waals surface area contributed by atoms with Crippen LogP contribution in [0.4, 0.5) is 0 Å². The van der Waals surface area contributed by atoms with Gasteiger partial charge in [-0.15, -0.1) is 0 Å². The first kappa shape index (κ1) is 24.1. The maximum atomic E-state index is 11.9. The van der Waals surface area contributed by atoms with E-state index in [9.17, 15) is 14.7 Å². The summed E-state index contributed by atoms with van der Waals surface area (Å²) in [7, 11) is 1.56. The van der Waals surface area contributed by atoms with Gasteiger partial charge in [0.25, 0.3) is 5.56 Å². The molecule has 3 heterocycles. The number of fused-ring (bicyclic) bond motifs is 1. The maximum absolute atomic E-state index is 11.9. The number of aromatic nitrogens is 3. The molecule has 34 heavy (non-hydrogen) atoms. The van der Waals surface area contributed by atoms with Crippen LogP contribution < -0.4 is 10.9 Å². The van der Waals surface area contributed by atoms with Gasteiger partial charge in [-0.1, -0.05) is 6.07 Å². The molecule has 1 aliphatic rings. The third-order valence-corrected chi connectivity index (χ3v) is 6.40. The Morgan fingerprint density at radius 3 is 2.85 bits per heavy atom. The molecule has 2 aromatic heterocycles. The fourth-order valence-electron chi connectivity index (χ4n) is 4.39. The molecule has 1 aromatic carbocycles. The summed E-state index contributed by atoms with van der Waals surface area (Å²) in [6.07, 6.45) is 4.11. The molecule has 9 heteroatoms. The molecule has 3 N–H and O–H groups in total. The standard InChI is InChI=1S/C25H32N4O5/c1-16-11-19(14-27-24(16)30)23-28-21-12-18(13-26-20(25(31)32)7-8-33-2)3-4-22(21)29(23)15-17-5-9-34-10-6-17/h3-4,11-12,14,17,20,26H,5-10,13,15H2,1-2H3,(H,27,30)(H,31,32). The van der Waals surface area contributed by atoms with Crippen molar-refractivity contribution in [1.82, 2.24) is 19.9 Å². The number of carbonyl (C=O) groups is 1. The van der Waals surface area contributed by atoms with Crippen molar-refractivity contribution < 1.29 is 19.4 Å². The molecule has 9 nitrogen and oxygen atoms in total. The number of benzene rings is 1. The van der Waals surface area contributed by atoms with Crippen LogP contribution in [-0.2, 0) is 27.4 Å². The van der Waals surface area contributed by atoms with E-state index in [1.54, 1.807) is 20.2 Å². The second kappa shape index (κ2) is 10.9. The number of carboxylic acid groups (broad SMARTS) is 1. The Hall–Kier alpha value is -3.01. The molecule has 3 aromatic rings. The molecule has 0 saturated carbocycles. The van der Waals surface area contributed by atoms with Gasteiger partial charge in [0, 0.05) is 57.3 Å². The number of aromatic amines is 1. The SMILES string of the molecule is COCCC(NCc1ccc2c(c1)nc(-c1c[nH]c(=O)c(C)c1)n2CC1CCOCC1)C(=O)O. The number of rotatable bonds is 10. The van der Waals surface area contributed by atoms with Crippen LogP contribution in [0.5, 0.6) is 0 Å². The fourth-order valence-corrected chi connectivity index (χ4v) is 4.39. The van der Waals surface area contributed by atoms with Gasteiger partial charge in [0.2, 0.25) is 0 Å². The molecule has 1 fully saturated rings. The highest BCUT2D eigenvalue weighted by Crippen LogP contribution is 2.28. The summed E-state index contributed by atoms with van der Waals surface area (Å²) >= 11 is 0. The first-order valence-electron chi connectivity index (χ1n) is 11.7. The van der Waals surface area contributed by atoms with E-state index in [1.807, 2.05) is 24.3 Å². The summed E-state index contributed by atoms with van der Waals surface area (Å²) in [5.41, 5.74) is 4.22. The molecular formula is C25H32N4O5. The monoisotopic (exact) mass is 468 g/mol. The van der Waals surface area contributed by atoms with Crippen LogP contribution in [-0.4, -0.2) is 58.6 Å². The fraction of sp³-hybridized carbons (Fsp3) is 0.480. The second-order valence-electron chi connectivity index (χ2n) is 8.88. The molecule has 0 radical (unpaired) electrons.